The van der Waals surface area contributed by atoms with E-state index in [4.69, 9.17) is 16.3 Å². The first kappa shape index (κ1) is 14.2. The number of halogens is 1. The zero-order chi connectivity index (χ0) is 13.8. The van der Waals surface area contributed by atoms with E-state index < -0.39 is 0 Å². The fourth-order valence-electron chi connectivity index (χ4n) is 2.00. The lowest BCUT2D eigenvalue weighted by Crippen LogP contribution is -2.48. The maximum Gasteiger partial charge on any atom is 0.227 e. The molecule has 1 unspecified atom stereocenters. The van der Waals surface area contributed by atoms with Gasteiger partial charge in [-0.15, -0.1) is 0 Å². The van der Waals surface area contributed by atoms with Gasteiger partial charge in [0.05, 0.1) is 12.3 Å². The fraction of sp³-hybridized carbons (Fsp3) is 0.500. The van der Waals surface area contributed by atoms with Crippen LogP contribution in [0, 0.1) is 11.8 Å². The van der Waals surface area contributed by atoms with Crippen LogP contribution >= 0.6 is 11.6 Å². The summed E-state index contributed by atoms with van der Waals surface area (Å²) < 4.78 is 5.49. The number of carbonyl (C=O) groups is 1. The second-order valence-corrected chi connectivity index (χ2v) is 5.21. The van der Waals surface area contributed by atoms with Gasteiger partial charge in [-0.05, 0) is 38.1 Å². The molecule has 5 heteroatoms. The number of anilines is 1. The zero-order valence-corrected chi connectivity index (χ0v) is 12.0. The molecule has 0 spiro atoms. The monoisotopic (exact) mass is 282 g/mol. The van der Waals surface area contributed by atoms with Gasteiger partial charge < -0.3 is 15.4 Å². The van der Waals surface area contributed by atoms with Gasteiger partial charge in [0.25, 0.3) is 0 Å². The van der Waals surface area contributed by atoms with E-state index in [0.717, 1.165) is 13.1 Å². The Kier molecular flexibility index (Phi) is 4.66. The van der Waals surface area contributed by atoms with Crippen molar-refractivity contribution in [1.29, 1.82) is 0 Å². The Morgan fingerprint density at radius 3 is 2.89 bits per heavy atom. The molecule has 1 saturated heterocycles. The van der Waals surface area contributed by atoms with Crippen molar-refractivity contribution in [2.24, 2.45) is 11.8 Å². The average Bonchev–Trinajstić information content (AvgIpc) is 2.30. The van der Waals surface area contributed by atoms with Gasteiger partial charge in [0.1, 0.15) is 5.75 Å². The van der Waals surface area contributed by atoms with Crippen LogP contribution in [0.5, 0.6) is 5.75 Å². The van der Waals surface area contributed by atoms with Crippen LogP contribution in [-0.2, 0) is 4.79 Å². The molecule has 0 bridgehead atoms. The Morgan fingerprint density at radius 2 is 2.32 bits per heavy atom. The molecule has 2 N–H and O–H groups in total. The molecule has 1 heterocycles. The standard InChI is InChI=1S/C14H19ClN2O2/c1-3-19-13-6-11(15)4-5-12(13)17-14(18)9(2)10-7-16-8-10/h4-6,9-10,16H,3,7-8H2,1-2H3,(H,17,18). The number of hydrogen-bond acceptors (Lipinski definition) is 3. The molecule has 0 saturated carbocycles. The van der Waals surface area contributed by atoms with Crippen LogP contribution < -0.4 is 15.4 Å². The Bertz CT molecular complexity index is 461. The first-order chi connectivity index (χ1) is 9.11. The topological polar surface area (TPSA) is 50.4 Å². The zero-order valence-electron chi connectivity index (χ0n) is 11.2. The van der Waals surface area contributed by atoms with Crippen molar-refractivity contribution in [3.63, 3.8) is 0 Å². The molecule has 1 aromatic carbocycles. The highest BCUT2D eigenvalue weighted by atomic mass is 35.5. The molecule has 1 fully saturated rings. The molecular weight excluding hydrogens is 264 g/mol. The van der Waals surface area contributed by atoms with Crippen molar-refractivity contribution in [1.82, 2.24) is 5.32 Å². The number of ether oxygens (including phenoxy) is 1. The highest BCUT2D eigenvalue weighted by Gasteiger charge is 2.29. The largest absolute Gasteiger partial charge is 0.492 e. The van der Waals surface area contributed by atoms with Crippen molar-refractivity contribution in [3.05, 3.63) is 23.2 Å². The van der Waals surface area contributed by atoms with Crippen LogP contribution in [0.3, 0.4) is 0 Å². The fourth-order valence-corrected chi connectivity index (χ4v) is 2.16. The molecule has 1 atom stereocenters. The number of carbonyl (C=O) groups excluding carboxylic acids is 1. The van der Waals surface area contributed by atoms with E-state index in [1.54, 1.807) is 18.2 Å². The first-order valence-electron chi connectivity index (χ1n) is 6.55. The van der Waals surface area contributed by atoms with Crippen molar-refractivity contribution in [3.8, 4) is 5.75 Å². The Morgan fingerprint density at radius 1 is 1.58 bits per heavy atom. The molecule has 1 aliphatic heterocycles. The molecular formula is C14H19ClN2O2. The van der Waals surface area contributed by atoms with Crippen LogP contribution in [0.2, 0.25) is 5.02 Å². The number of nitrogens with one attached hydrogen (secondary N) is 2. The minimum absolute atomic E-state index is 0.00796. The molecule has 0 aromatic heterocycles. The third kappa shape index (κ3) is 3.39. The smallest absolute Gasteiger partial charge is 0.227 e. The summed E-state index contributed by atoms with van der Waals surface area (Å²) in [6.45, 7) is 6.21. The summed E-state index contributed by atoms with van der Waals surface area (Å²) in [6, 6.07) is 5.24. The van der Waals surface area contributed by atoms with E-state index in [-0.39, 0.29) is 11.8 Å². The molecule has 1 amide bonds. The minimum Gasteiger partial charge on any atom is -0.492 e. The van der Waals surface area contributed by atoms with E-state index in [0.29, 0.717) is 29.0 Å². The third-order valence-corrected chi connectivity index (χ3v) is 3.67. The number of rotatable bonds is 5. The van der Waals surface area contributed by atoms with E-state index in [9.17, 15) is 4.79 Å². The first-order valence-corrected chi connectivity index (χ1v) is 6.93. The molecule has 104 valence electrons. The van der Waals surface area contributed by atoms with Crippen molar-refractivity contribution < 1.29 is 9.53 Å². The molecule has 1 aliphatic rings. The van der Waals surface area contributed by atoms with Crippen LogP contribution in [-0.4, -0.2) is 25.6 Å². The summed E-state index contributed by atoms with van der Waals surface area (Å²) in [4.78, 5) is 12.2. The van der Waals surface area contributed by atoms with E-state index in [2.05, 4.69) is 10.6 Å². The normalized spacial score (nSPS) is 16.6. The van der Waals surface area contributed by atoms with Crippen LogP contribution in [0.25, 0.3) is 0 Å². The SMILES string of the molecule is CCOc1cc(Cl)ccc1NC(=O)C(C)C1CNC1. The molecule has 19 heavy (non-hydrogen) atoms. The molecule has 4 nitrogen and oxygen atoms in total. The second kappa shape index (κ2) is 6.26. The van der Waals surface area contributed by atoms with E-state index >= 15 is 0 Å². The van der Waals surface area contributed by atoms with Gasteiger partial charge in [0, 0.05) is 17.0 Å². The lowest BCUT2D eigenvalue weighted by molar-refractivity contribution is -0.121. The van der Waals surface area contributed by atoms with E-state index in [1.165, 1.54) is 0 Å². The average molecular weight is 283 g/mol. The van der Waals surface area contributed by atoms with E-state index in [1.807, 2.05) is 13.8 Å². The van der Waals surface area contributed by atoms with Gasteiger partial charge in [0.15, 0.2) is 0 Å². The van der Waals surface area contributed by atoms with Crippen LogP contribution in [0.1, 0.15) is 13.8 Å². The summed E-state index contributed by atoms with van der Waals surface area (Å²) >= 11 is 5.93. The third-order valence-electron chi connectivity index (χ3n) is 3.44. The Labute approximate surface area is 118 Å². The maximum atomic E-state index is 12.2. The van der Waals surface area contributed by atoms with Crippen LogP contribution in [0.4, 0.5) is 5.69 Å². The Hall–Kier alpha value is -1.26. The summed E-state index contributed by atoms with van der Waals surface area (Å²) in [5, 5.41) is 6.69. The maximum absolute atomic E-state index is 12.2. The summed E-state index contributed by atoms with van der Waals surface area (Å²) in [6.07, 6.45) is 0. The summed E-state index contributed by atoms with van der Waals surface area (Å²) in [5.74, 6) is 1.05. The van der Waals surface area contributed by atoms with Crippen molar-refractivity contribution in [2.75, 3.05) is 25.0 Å². The lowest BCUT2D eigenvalue weighted by atomic mass is 9.88. The molecule has 1 aromatic rings. The van der Waals surface area contributed by atoms with Gasteiger partial charge in [-0.1, -0.05) is 18.5 Å². The number of hydrogen-bond donors (Lipinski definition) is 2. The lowest BCUT2D eigenvalue weighted by Gasteiger charge is -2.31. The number of amides is 1. The predicted molar refractivity (Wildman–Crippen MR) is 76.8 cm³/mol. The minimum atomic E-state index is -0.00796. The summed E-state index contributed by atoms with van der Waals surface area (Å²) in [7, 11) is 0. The molecule has 0 radical (unpaired) electrons. The van der Waals surface area contributed by atoms with Gasteiger partial charge in [0.2, 0.25) is 5.91 Å². The van der Waals surface area contributed by atoms with Gasteiger partial charge in [-0.2, -0.15) is 0 Å². The Balaban J connectivity index is 2.06. The van der Waals surface area contributed by atoms with Gasteiger partial charge >= 0.3 is 0 Å². The quantitative estimate of drug-likeness (QED) is 0.873. The number of benzene rings is 1. The van der Waals surface area contributed by atoms with Gasteiger partial charge in [-0.3, -0.25) is 4.79 Å². The summed E-state index contributed by atoms with van der Waals surface area (Å²) in [5.41, 5.74) is 0.676. The van der Waals surface area contributed by atoms with Crippen molar-refractivity contribution in [2.45, 2.75) is 13.8 Å². The molecule has 0 aliphatic carbocycles. The second-order valence-electron chi connectivity index (χ2n) is 4.77. The van der Waals surface area contributed by atoms with Crippen LogP contribution in [0.15, 0.2) is 18.2 Å². The highest BCUT2D eigenvalue weighted by molar-refractivity contribution is 6.30. The van der Waals surface area contributed by atoms with Gasteiger partial charge in [-0.25, -0.2) is 0 Å². The van der Waals surface area contributed by atoms with Crippen molar-refractivity contribution >= 4 is 23.2 Å². The molecule has 2 rings (SSSR count). The highest BCUT2D eigenvalue weighted by Crippen LogP contribution is 2.29. The predicted octanol–water partition coefficient (Wildman–Crippen LogP) is 2.53.